The van der Waals surface area contributed by atoms with Crippen LogP contribution in [-0.4, -0.2) is 50.3 Å². The highest BCUT2D eigenvalue weighted by Gasteiger charge is 2.28. The van der Waals surface area contributed by atoms with Crippen molar-refractivity contribution in [2.24, 2.45) is 0 Å². The van der Waals surface area contributed by atoms with Crippen molar-refractivity contribution in [3.05, 3.63) is 24.2 Å². The normalized spacial score (nSPS) is 19.8. The molecule has 0 N–H and O–H groups in total. The van der Waals surface area contributed by atoms with Gasteiger partial charge >= 0.3 is 0 Å². The number of nitrogens with zero attached hydrogens (tertiary/aromatic N) is 1. The summed E-state index contributed by atoms with van der Waals surface area (Å²) in [4.78, 5) is 13.7. The third kappa shape index (κ3) is 3.08. The summed E-state index contributed by atoms with van der Waals surface area (Å²) in [7, 11) is 1.64. The van der Waals surface area contributed by atoms with Crippen LogP contribution in [0.3, 0.4) is 0 Å². The molecule has 1 fully saturated rings. The number of carbonyl (C=O) groups is 1. The van der Waals surface area contributed by atoms with Crippen LogP contribution in [0.15, 0.2) is 22.8 Å². The average Bonchev–Trinajstić information content (AvgIpc) is 3.00. The van der Waals surface area contributed by atoms with Gasteiger partial charge in [0.05, 0.1) is 25.6 Å². The Morgan fingerprint density at radius 1 is 1.59 bits per heavy atom. The number of hydrogen-bond donors (Lipinski definition) is 0. The van der Waals surface area contributed by atoms with Crippen LogP contribution < -0.4 is 0 Å². The lowest BCUT2D eigenvalue weighted by molar-refractivity contribution is 0.0216. The molecule has 1 saturated heterocycles. The topological polar surface area (TPSA) is 51.9 Å². The zero-order valence-electron chi connectivity index (χ0n) is 9.93. The standard InChI is InChI=1S/C12H17NO4/c1-15-7-8-16-10-4-5-13(9-10)12(14)11-3-2-6-17-11/h2-3,6,10H,4-5,7-9H2,1H3. The van der Waals surface area contributed by atoms with Gasteiger partial charge in [-0.05, 0) is 18.6 Å². The lowest BCUT2D eigenvalue weighted by atomic mass is 10.3. The van der Waals surface area contributed by atoms with Crippen LogP contribution in [0.2, 0.25) is 0 Å². The van der Waals surface area contributed by atoms with Crippen molar-refractivity contribution in [3.63, 3.8) is 0 Å². The average molecular weight is 239 g/mol. The molecular formula is C12H17NO4. The summed E-state index contributed by atoms with van der Waals surface area (Å²) in [5.74, 6) is 0.329. The molecule has 0 radical (unpaired) electrons. The van der Waals surface area contributed by atoms with Crippen LogP contribution in [0.1, 0.15) is 17.0 Å². The fraction of sp³-hybridized carbons (Fsp3) is 0.583. The van der Waals surface area contributed by atoms with Crippen molar-refractivity contribution in [1.29, 1.82) is 0 Å². The highest BCUT2D eigenvalue weighted by Crippen LogP contribution is 2.16. The molecule has 2 rings (SSSR count). The molecule has 0 spiro atoms. The monoisotopic (exact) mass is 239 g/mol. The molecule has 1 aliphatic rings. The van der Waals surface area contributed by atoms with Crippen LogP contribution >= 0.6 is 0 Å². The van der Waals surface area contributed by atoms with Gasteiger partial charge in [0.2, 0.25) is 0 Å². The third-order valence-electron chi connectivity index (χ3n) is 2.81. The number of amides is 1. The van der Waals surface area contributed by atoms with Crippen molar-refractivity contribution in [3.8, 4) is 0 Å². The van der Waals surface area contributed by atoms with Gasteiger partial charge in [0.15, 0.2) is 5.76 Å². The molecule has 5 nitrogen and oxygen atoms in total. The van der Waals surface area contributed by atoms with Crippen LogP contribution in [0.4, 0.5) is 0 Å². The first kappa shape index (κ1) is 12.1. The Balaban J connectivity index is 1.79. The maximum absolute atomic E-state index is 11.9. The van der Waals surface area contributed by atoms with E-state index in [-0.39, 0.29) is 12.0 Å². The molecule has 0 bridgehead atoms. The van der Waals surface area contributed by atoms with Gasteiger partial charge in [-0.3, -0.25) is 4.79 Å². The minimum absolute atomic E-state index is 0.0622. The summed E-state index contributed by atoms with van der Waals surface area (Å²) < 4.78 is 15.6. The summed E-state index contributed by atoms with van der Waals surface area (Å²) in [6.07, 6.45) is 2.50. The molecule has 1 aliphatic heterocycles. The van der Waals surface area contributed by atoms with Crippen LogP contribution in [0, 0.1) is 0 Å². The molecule has 1 amide bonds. The predicted molar refractivity (Wildman–Crippen MR) is 60.8 cm³/mol. The summed E-state index contributed by atoms with van der Waals surface area (Å²) in [5.41, 5.74) is 0. The van der Waals surface area contributed by atoms with Crippen LogP contribution in [-0.2, 0) is 9.47 Å². The van der Waals surface area contributed by atoms with Gasteiger partial charge in [-0.15, -0.1) is 0 Å². The van der Waals surface area contributed by atoms with E-state index in [1.165, 1.54) is 6.26 Å². The Morgan fingerprint density at radius 3 is 3.18 bits per heavy atom. The summed E-state index contributed by atoms with van der Waals surface area (Å²) in [5, 5.41) is 0. The number of likely N-dealkylation sites (tertiary alicyclic amines) is 1. The third-order valence-corrected chi connectivity index (χ3v) is 2.81. The minimum Gasteiger partial charge on any atom is -0.459 e. The molecule has 1 atom stereocenters. The van der Waals surface area contributed by atoms with E-state index < -0.39 is 0 Å². The second-order valence-electron chi connectivity index (χ2n) is 4.00. The number of hydrogen-bond acceptors (Lipinski definition) is 4. The van der Waals surface area contributed by atoms with E-state index in [0.29, 0.717) is 25.5 Å². The molecule has 17 heavy (non-hydrogen) atoms. The van der Waals surface area contributed by atoms with E-state index in [1.807, 2.05) is 0 Å². The van der Waals surface area contributed by atoms with Gasteiger partial charge in [-0.25, -0.2) is 0 Å². The van der Waals surface area contributed by atoms with Crippen molar-refractivity contribution in [1.82, 2.24) is 4.90 Å². The molecule has 1 unspecified atom stereocenters. The minimum atomic E-state index is -0.0622. The summed E-state index contributed by atoms with van der Waals surface area (Å²) in [6.45, 7) is 2.51. The van der Waals surface area contributed by atoms with E-state index in [2.05, 4.69) is 0 Å². The SMILES string of the molecule is COCCOC1CCN(C(=O)c2ccco2)C1. The fourth-order valence-corrected chi connectivity index (χ4v) is 1.90. The van der Waals surface area contributed by atoms with E-state index in [4.69, 9.17) is 13.9 Å². The quantitative estimate of drug-likeness (QED) is 0.723. The van der Waals surface area contributed by atoms with Crippen molar-refractivity contribution < 1.29 is 18.7 Å². The number of rotatable bonds is 5. The summed E-state index contributed by atoms with van der Waals surface area (Å²) >= 11 is 0. The van der Waals surface area contributed by atoms with Crippen molar-refractivity contribution >= 4 is 5.91 Å². The lowest BCUT2D eigenvalue weighted by Gasteiger charge is -2.15. The first-order chi connectivity index (χ1) is 8.31. The first-order valence-electron chi connectivity index (χ1n) is 5.74. The van der Waals surface area contributed by atoms with Crippen LogP contribution in [0.25, 0.3) is 0 Å². The van der Waals surface area contributed by atoms with E-state index in [9.17, 15) is 4.79 Å². The largest absolute Gasteiger partial charge is 0.459 e. The van der Waals surface area contributed by atoms with Gasteiger partial charge in [-0.2, -0.15) is 0 Å². The fourth-order valence-electron chi connectivity index (χ4n) is 1.90. The molecule has 1 aromatic rings. The molecule has 0 saturated carbocycles. The molecule has 0 aliphatic carbocycles. The smallest absolute Gasteiger partial charge is 0.289 e. The summed E-state index contributed by atoms with van der Waals surface area (Å²) in [6, 6.07) is 3.40. The van der Waals surface area contributed by atoms with Crippen LogP contribution in [0.5, 0.6) is 0 Å². The Labute approximate surface area is 100 Å². The molecule has 5 heteroatoms. The van der Waals surface area contributed by atoms with Gasteiger partial charge in [-0.1, -0.05) is 0 Å². The van der Waals surface area contributed by atoms with E-state index in [1.54, 1.807) is 24.1 Å². The van der Waals surface area contributed by atoms with Gasteiger partial charge in [0, 0.05) is 20.2 Å². The zero-order chi connectivity index (χ0) is 12.1. The van der Waals surface area contributed by atoms with E-state index >= 15 is 0 Å². The molecule has 0 aromatic carbocycles. The number of carbonyl (C=O) groups excluding carboxylic acids is 1. The Kier molecular flexibility index (Phi) is 4.17. The Morgan fingerprint density at radius 2 is 2.47 bits per heavy atom. The van der Waals surface area contributed by atoms with Crippen molar-refractivity contribution in [2.45, 2.75) is 12.5 Å². The van der Waals surface area contributed by atoms with E-state index in [0.717, 1.165) is 13.0 Å². The molecular weight excluding hydrogens is 222 g/mol. The maximum Gasteiger partial charge on any atom is 0.289 e. The number of methoxy groups -OCH3 is 1. The van der Waals surface area contributed by atoms with Gasteiger partial charge in [0.1, 0.15) is 0 Å². The molecule has 2 heterocycles. The highest BCUT2D eigenvalue weighted by atomic mass is 16.5. The second kappa shape index (κ2) is 5.84. The first-order valence-corrected chi connectivity index (χ1v) is 5.74. The Hall–Kier alpha value is -1.33. The maximum atomic E-state index is 11.9. The lowest BCUT2D eigenvalue weighted by Crippen LogP contribution is -2.30. The predicted octanol–water partition coefficient (Wildman–Crippen LogP) is 1.16. The number of ether oxygens (including phenoxy) is 2. The second-order valence-corrected chi connectivity index (χ2v) is 4.00. The van der Waals surface area contributed by atoms with Crippen molar-refractivity contribution in [2.75, 3.05) is 33.4 Å². The Bertz CT molecular complexity index is 349. The number of furan rings is 1. The van der Waals surface area contributed by atoms with Gasteiger partial charge in [0.25, 0.3) is 5.91 Å². The van der Waals surface area contributed by atoms with Gasteiger partial charge < -0.3 is 18.8 Å². The zero-order valence-corrected chi connectivity index (χ0v) is 9.93. The highest BCUT2D eigenvalue weighted by molar-refractivity contribution is 5.91. The molecule has 94 valence electrons. The molecule has 1 aromatic heterocycles.